The average Bonchev–Trinajstić information content (AvgIpc) is 2.81. The molecule has 0 saturated heterocycles. The van der Waals surface area contributed by atoms with Gasteiger partial charge in [-0.2, -0.15) is 5.10 Å². The lowest BCUT2D eigenvalue weighted by Crippen LogP contribution is -2.44. The monoisotopic (exact) mass is 293 g/mol. The number of aromatic nitrogens is 2. The molecule has 4 nitrogen and oxygen atoms in total. The third kappa shape index (κ3) is 3.03. The van der Waals surface area contributed by atoms with Gasteiger partial charge >= 0.3 is 0 Å². The Morgan fingerprint density at radius 1 is 1.35 bits per heavy atom. The number of benzene rings is 1. The predicted octanol–water partition coefficient (Wildman–Crippen LogP) is 2.34. The first-order valence-electron chi connectivity index (χ1n) is 6.66. The number of halogens is 1. The molecule has 2 N–H and O–H groups in total. The molecule has 1 aromatic carbocycles. The Morgan fingerprint density at radius 2 is 2.05 bits per heavy atom. The van der Waals surface area contributed by atoms with Crippen LogP contribution in [0.25, 0.3) is 0 Å². The van der Waals surface area contributed by atoms with E-state index in [1.54, 1.807) is 0 Å². The first kappa shape index (κ1) is 15.0. The molecule has 1 aromatic heterocycles. The third-order valence-corrected chi connectivity index (χ3v) is 4.10. The molecule has 0 saturated carbocycles. The van der Waals surface area contributed by atoms with Gasteiger partial charge in [-0.15, -0.1) is 0 Å². The Morgan fingerprint density at radius 3 is 2.55 bits per heavy atom. The van der Waals surface area contributed by atoms with Gasteiger partial charge in [0.2, 0.25) is 0 Å². The van der Waals surface area contributed by atoms with Gasteiger partial charge in [0.1, 0.15) is 0 Å². The second kappa shape index (κ2) is 6.39. The maximum Gasteiger partial charge on any atom is 0.0814 e. The van der Waals surface area contributed by atoms with Gasteiger partial charge in [-0.1, -0.05) is 41.9 Å². The minimum absolute atomic E-state index is 0.0293. The highest BCUT2D eigenvalue weighted by Crippen LogP contribution is 2.25. The van der Waals surface area contributed by atoms with Crippen molar-refractivity contribution in [3.8, 4) is 0 Å². The first-order chi connectivity index (χ1) is 9.61. The van der Waals surface area contributed by atoms with Crippen LogP contribution in [-0.4, -0.2) is 28.5 Å². The van der Waals surface area contributed by atoms with Crippen molar-refractivity contribution >= 4 is 11.6 Å². The second-order valence-corrected chi connectivity index (χ2v) is 5.34. The van der Waals surface area contributed by atoms with Crippen LogP contribution in [0.4, 0.5) is 0 Å². The fourth-order valence-corrected chi connectivity index (χ4v) is 2.48. The van der Waals surface area contributed by atoms with Crippen molar-refractivity contribution in [2.24, 2.45) is 0 Å². The van der Waals surface area contributed by atoms with Crippen LogP contribution in [0, 0.1) is 6.92 Å². The van der Waals surface area contributed by atoms with Crippen LogP contribution in [0.2, 0.25) is 5.02 Å². The van der Waals surface area contributed by atoms with Crippen LogP contribution in [-0.2, 0) is 12.1 Å². The predicted molar refractivity (Wildman–Crippen MR) is 80.9 cm³/mol. The Hall–Kier alpha value is -1.36. The highest BCUT2D eigenvalue weighted by Gasteiger charge is 2.29. The van der Waals surface area contributed by atoms with Crippen molar-refractivity contribution in [1.29, 1.82) is 0 Å². The van der Waals surface area contributed by atoms with E-state index in [0.717, 1.165) is 17.7 Å². The molecule has 0 bridgehead atoms. The van der Waals surface area contributed by atoms with Gasteiger partial charge in [0.25, 0.3) is 0 Å². The molecule has 0 aliphatic heterocycles. The Labute approximate surface area is 124 Å². The van der Waals surface area contributed by atoms with E-state index in [2.05, 4.69) is 10.4 Å². The highest BCUT2D eigenvalue weighted by atomic mass is 35.5. The van der Waals surface area contributed by atoms with Gasteiger partial charge in [-0.25, -0.2) is 0 Å². The standard InChI is InChI=1S/C15H20ClN3O/c1-12-14(16)10-19(18-12)9-8-15(11-20,17-2)13-6-4-3-5-7-13/h3-7,10,17,20H,8-9,11H2,1-2H3. The molecule has 20 heavy (non-hydrogen) atoms. The lowest BCUT2D eigenvalue weighted by Gasteiger charge is -2.32. The second-order valence-electron chi connectivity index (χ2n) is 4.93. The zero-order chi connectivity index (χ0) is 14.6. The van der Waals surface area contributed by atoms with E-state index in [-0.39, 0.29) is 6.61 Å². The van der Waals surface area contributed by atoms with Crippen molar-refractivity contribution in [1.82, 2.24) is 15.1 Å². The summed E-state index contributed by atoms with van der Waals surface area (Å²) in [7, 11) is 1.87. The number of hydrogen-bond acceptors (Lipinski definition) is 3. The lowest BCUT2D eigenvalue weighted by molar-refractivity contribution is 0.152. The fourth-order valence-electron chi connectivity index (χ4n) is 2.33. The summed E-state index contributed by atoms with van der Waals surface area (Å²) in [5, 5.41) is 18.1. The Bertz CT molecular complexity index is 530. The number of hydrogen-bond donors (Lipinski definition) is 2. The van der Waals surface area contributed by atoms with Crippen LogP contribution in [0.3, 0.4) is 0 Å². The van der Waals surface area contributed by atoms with Crippen molar-refractivity contribution in [2.75, 3.05) is 13.7 Å². The first-order valence-corrected chi connectivity index (χ1v) is 7.04. The SMILES string of the molecule is CNC(CO)(CCn1cc(Cl)c(C)n1)c1ccccc1. The van der Waals surface area contributed by atoms with E-state index in [0.29, 0.717) is 11.6 Å². The molecule has 0 amide bonds. The molecule has 108 valence electrons. The van der Waals surface area contributed by atoms with Gasteiger partial charge in [-0.3, -0.25) is 4.68 Å². The van der Waals surface area contributed by atoms with Crippen LogP contribution >= 0.6 is 11.6 Å². The number of aliphatic hydroxyl groups is 1. The highest BCUT2D eigenvalue weighted by molar-refractivity contribution is 6.31. The van der Waals surface area contributed by atoms with Gasteiger partial charge < -0.3 is 10.4 Å². The van der Waals surface area contributed by atoms with Crippen LogP contribution in [0.1, 0.15) is 17.7 Å². The summed E-state index contributed by atoms with van der Waals surface area (Å²) in [5.74, 6) is 0. The number of nitrogens with zero attached hydrogens (tertiary/aromatic N) is 2. The van der Waals surface area contributed by atoms with E-state index >= 15 is 0 Å². The van der Waals surface area contributed by atoms with Crippen LogP contribution < -0.4 is 5.32 Å². The molecule has 0 radical (unpaired) electrons. The maximum absolute atomic E-state index is 9.85. The Balaban J connectivity index is 2.17. The largest absolute Gasteiger partial charge is 0.394 e. The van der Waals surface area contributed by atoms with Gasteiger partial charge in [0.05, 0.1) is 22.9 Å². The van der Waals surface area contributed by atoms with E-state index in [1.807, 2.05) is 55.2 Å². The molecule has 0 spiro atoms. The number of aryl methyl sites for hydroxylation is 2. The van der Waals surface area contributed by atoms with Crippen molar-refractivity contribution < 1.29 is 5.11 Å². The van der Waals surface area contributed by atoms with Gasteiger partial charge in [-0.05, 0) is 26.0 Å². The zero-order valence-electron chi connectivity index (χ0n) is 11.8. The summed E-state index contributed by atoms with van der Waals surface area (Å²) in [4.78, 5) is 0. The summed E-state index contributed by atoms with van der Waals surface area (Å²) >= 11 is 6.02. The molecular weight excluding hydrogens is 274 g/mol. The van der Waals surface area contributed by atoms with Crippen LogP contribution in [0.5, 0.6) is 0 Å². The summed E-state index contributed by atoms with van der Waals surface area (Å²) < 4.78 is 1.82. The van der Waals surface area contributed by atoms with E-state index in [4.69, 9.17) is 11.6 Å². The molecule has 0 aliphatic carbocycles. The zero-order valence-corrected chi connectivity index (χ0v) is 12.6. The van der Waals surface area contributed by atoms with Crippen LogP contribution in [0.15, 0.2) is 36.5 Å². The molecule has 1 heterocycles. The molecular formula is C15H20ClN3O. The molecule has 1 unspecified atom stereocenters. The van der Waals surface area contributed by atoms with Crippen molar-refractivity contribution in [3.05, 3.63) is 52.8 Å². The summed E-state index contributed by atoms with van der Waals surface area (Å²) in [5.41, 5.74) is 1.43. The average molecular weight is 294 g/mol. The van der Waals surface area contributed by atoms with E-state index in [9.17, 15) is 5.11 Å². The van der Waals surface area contributed by atoms with E-state index < -0.39 is 5.54 Å². The summed E-state index contributed by atoms with van der Waals surface area (Å²) in [6.45, 7) is 2.60. The normalized spacial score (nSPS) is 14.2. The number of nitrogens with one attached hydrogen (secondary N) is 1. The lowest BCUT2D eigenvalue weighted by atomic mass is 9.87. The topological polar surface area (TPSA) is 50.1 Å². The van der Waals surface area contributed by atoms with Crippen molar-refractivity contribution in [2.45, 2.75) is 25.4 Å². The number of rotatable bonds is 6. The summed E-state index contributed by atoms with van der Waals surface area (Å²) in [6.07, 6.45) is 2.54. The third-order valence-electron chi connectivity index (χ3n) is 3.73. The van der Waals surface area contributed by atoms with Gasteiger partial charge in [0, 0.05) is 12.7 Å². The number of likely N-dealkylation sites (N-methyl/N-ethyl adjacent to an activating group) is 1. The molecule has 2 aromatic rings. The smallest absolute Gasteiger partial charge is 0.0814 e. The minimum atomic E-state index is -0.465. The Kier molecular flexibility index (Phi) is 4.81. The fraction of sp³-hybridized carbons (Fsp3) is 0.400. The molecule has 0 fully saturated rings. The number of aliphatic hydroxyl groups excluding tert-OH is 1. The van der Waals surface area contributed by atoms with Crippen molar-refractivity contribution in [3.63, 3.8) is 0 Å². The quantitative estimate of drug-likeness (QED) is 0.859. The van der Waals surface area contributed by atoms with Gasteiger partial charge in [0.15, 0.2) is 0 Å². The molecule has 1 atom stereocenters. The minimum Gasteiger partial charge on any atom is -0.394 e. The molecule has 0 aliphatic rings. The molecule has 5 heteroatoms. The van der Waals surface area contributed by atoms with E-state index in [1.165, 1.54) is 0 Å². The summed E-state index contributed by atoms with van der Waals surface area (Å²) in [6, 6.07) is 9.97. The maximum atomic E-state index is 9.85. The molecule has 2 rings (SSSR count).